The Morgan fingerprint density at radius 1 is 1.35 bits per heavy atom. The minimum absolute atomic E-state index is 0.233. The lowest BCUT2D eigenvalue weighted by atomic mass is 10.1. The lowest BCUT2D eigenvalue weighted by molar-refractivity contribution is 0.0924. The zero-order chi connectivity index (χ0) is 18.1. The summed E-state index contributed by atoms with van der Waals surface area (Å²) in [6.45, 7) is 3.01. The number of fused-ring (bicyclic) bond motifs is 1. The molecule has 0 saturated heterocycles. The first kappa shape index (κ1) is 17.1. The number of carbonyl (C=O) groups excluding carboxylic acids is 1. The van der Waals surface area contributed by atoms with Crippen LogP contribution in [0.15, 0.2) is 45.4 Å². The minimum atomic E-state index is -0.233. The highest BCUT2D eigenvalue weighted by Crippen LogP contribution is 2.29. The predicted molar refractivity (Wildman–Crippen MR) is 102 cm³/mol. The number of nitrogens with zero attached hydrogens (tertiary/aromatic N) is 1. The number of ether oxygens (including phenoxy) is 1. The summed E-state index contributed by atoms with van der Waals surface area (Å²) in [5.74, 6) is 1.44. The molecule has 1 saturated carbocycles. The van der Waals surface area contributed by atoms with E-state index in [9.17, 15) is 4.79 Å². The molecule has 0 unspecified atom stereocenters. The largest absolute Gasteiger partial charge is 0.477 e. The van der Waals surface area contributed by atoms with E-state index in [0.29, 0.717) is 29.7 Å². The van der Waals surface area contributed by atoms with E-state index >= 15 is 0 Å². The maximum absolute atomic E-state index is 12.5. The van der Waals surface area contributed by atoms with Crippen LogP contribution in [0.25, 0.3) is 11.0 Å². The average molecular weight is 415 g/mol. The number of carbonyl (C=O) groups is 1. The summed E-state index contributed by atoms with van der Waals surface area (Å²) in [5.41, 5.74) is 2.45. The van der Waals surface area contributed by atoms with Crippen molar-refractivity contribution in [1.82, 2.24) is 10.3 Å². The number of aryl methyl sites for hydroxylation is 1. The maximum Gasteiger partial charge on any atom is 0.287 e. The Morgan fingerprint density at radius 2 is 2.19 bits per heavy atom. The van der Waals surface area contributed by atoms with Gasteiger partial charge in [0.15, 0.2) is 5.76 Å². The fourth-order valence-corrected chi connectivity index (χ4v) is 3.12. The molecule has 0 spiro atoms. The highest BCUT2D eigenvalue weighted by atomic mass is 79.9. The zero-order valence-electron chi connectivity index (χ0n) is 14.4. The highest BCUT2D eigenvalue weighted by Gasteiger charge is 2.22. The maximum atomic E-state index is 12.5. The summed E-state index contributed by atoms with van der Waals surface area (Å²) < 4.78 is 12.3. The molecular weight excluding hydrogens is 396 g/mol. The van der Waals surface area contributed by atoms with Gasteiger partial charge < -0.3 is 14.5 Å². The zero-order valence-corrected chi connectivity index (χ0v) is 16.0. The van der Waals surface area contributed by atoms with Gasteiger partial charge in [0.25, 0.3) is 5.91 Å². The molecule has 134 valence electrons. The lowest BCUT2D eigenvalue weighted by Crippen LogP contribution is -2.23. The molecule has 0 radical (unpaired) electrons. The fourth-order valence-electron chi connectivity index (χ4n) is 2.76. The SMILES string of the molecule is Cc1c(C(=O)NCc2ccc(OCC3CC3)nc2)oc2ccc(Br)cc12. The van der Waals surface area contributed by atoms with Crippen molar-refractivity contribution < 1.29 is 13.9 Å². The smallest absolute Gasteiger partial charge is 0.287 e. The molecule has 5 nitrogen and oxygen atoms in total. The second kappa shape index (κ2) is 7.11. The Bertz CT molecular complexity index is 946. The van der Waals surface area contributed by atoms with Crippen LogP contribution in [-0.2, 0) is 6.54 Å². The Balaban J connectivity index is 1.39. The number of hydrogen-bond acceptors (Lipinski definition) is 4. The molecule has 3 aromatic rings. The fraction of sp³-hybridized carbons (Fsp3) is 0.300. The van der Waals surface area contributed by atoms with Crippen LogP contribution in [0.5, 0.6) is 5.88 Å². The van der Waals surface area contributed by atoms with Gasteiger partial charge in [-0.15, -0.1) is 0 Å². The van der Waals surface area contributed by atoms with Gasteiger partial charge in [0.2, 0.25) is 5.88 Å². The summed E-state index contributed by atoms with van der Waals surface area (Å²) in [6, 6.07) is 9.46. The van der Waals surface area contributed by atoms with Crippen LogP contribution in [0, 0.1) is 12.8 Å². The van der Waals surface area contributed by atoms with Crippen molar-refractivity contribution in [3.8, 4) is 5.88 Å². The minimum Gasteiger partial charge on any atom is -0.477 e. The van der Waals surface area contributed by atoms with Crippen LogP contribution in [0.3, 0.4) is 0 Å². The van der Waals surface area contributed by atoms with Crippen molar-refractivity contribution >= 4 is 32.8 Å². The molecule has 0 bridgehead atoms. The second-order valence-corrected chi connectivity index (χ2v) is 7.55. The highest BCUT2D eigenvalue weighted by molar-refractivity contribution is 9.10. The molecule has 26 heavy (non-hydrogen) atoms. The van der Waals surface area contributed by atoms with Gasteiger partial charge >= 0.3 is 0 Å². The van der Waals surface area contributed by atoms with E-state index in [1.165, 1.54) is 12.8 Å². The molecule has 4 rings (SSSR count). The summed E-state index contributed by atoms with van der Waals surface area (Å²) in [7, 11) is 0. The summed E-state index contributed by atoms with van der Waals surface area (Å²) >= 11 is 3.44. The first-order valence-electron chi connectivity index (χ1n) is 8.65. The van der Waals surface area contributed by atoms with Crippen molar-refractivity contribution in [2.75, 3.05) is 6.61 Å². The number of benzene rings is 1. The van der Waals surface area contributed by atoms with Crippen molar-refractivity contribution in [1.29, 1.82) is 0 Å². The molecule has 1 N–H and O–H groups in total. The van der Waals surface area contributed by atoms with Gasteiger partial charge in [-0.25, -0.2) is 4.98 Å². The average Bonchev–Trinajstić information content (AvgIpc) is 3.43. The quantitative estimate of drug-likeness (QED) is 0.638. The van der Waals surface area contributed by atoms with E-state index in [0.717, 1.165) is 27.6 Å². The van der Waals surface area contributed by atoms with Crippen molar-refractivity contribution in [2.24, 2.45) is 5.92 Å². The van der Waals surface area contributed by atoms with Gasteiger partial charge in [0.1, 0.15) is 5.58 Å². The van der Waals surface area contributed by atoms with Crippen LogP contribution < -0.4 is 10.1 Å². The third-order valence-corrected chi connectivity index (χ3v) is 5.01. The molecule has 1 aliphatic carbocycles. The van der Waals surface area contributed by atoms with Crippen LogP contribution in [0.4, 0.5) is 0 Å². The molecule has 2 heterocycles. The third kappa shape index (κ3) is 3.75. The van der Waals surface area contributed by atoms with Crippen LogP contribution in [0.2, 0.25) is 0 Å². The number of aromatic nitrogens is 1. The molecule has 0 atom stereocenters. The Labute approximate surface area is 159 Å². The monoisotopic (exact) mass is 414 g/mol. The van der Waals surface area contributed by atoms with E-state index in [-0.39, 0.29) is 5.91 Å². The molecule has 0 aliphatic heterocycles. The number of furan rings is 1. The van der Waals surface area contributed by atoms with Crippen molar-refractivity contribution in [3.63, 3.8) is 0 Å². The first-order chi connectivity index (χ1) is 12.6. The van der Waals surface area contributed by atoms with Gasteiger partial charge in [0.05, 0.1) is 6.61 Å². The molecular formula is C20H19BrN2O3. The number of rotatable bonds is 6. The van der Waals surface area contributed by atoms with E-state index in [1.54, 1.807) is 6.20 Å². The standard InChI is InChI=1S/C20H19BrN2O3/c1-12-16-8-15(21)5-6-17(16)26-19(12)20(24)23-10-14-4-7-18(22-9-14)25-11-13-2-3-13/h4-9,13H,2-3,10-11H2,1H3,(H,23,24). The second-order valence-electron chi connectivity index (χ2n) is 6.64. The Hall–Kier alpha value is -2.34. The number of amides is 1. The van der Waals surface area contributed by atoms with Crippen molar-refractivity contribution in [2.45, 2.75) is 26.3 Å². The van der Waals surface area contributed by atoms with Crippen LogP contribution in [-0.4, -0.2) is 17.5 Å². The molecule has 1 aromatic carbocycles. The number of nitrogens with one attached hydrogen (secondary N) is 1. The third-order valence-electron chi connectivity index (χ3n) is 4.52. The van der Waals surface area contributed by atoms with Gasteiger partial charge in [0, 0.05) is 34.2 Å². The number of halogens is 1. The van der Waals surface area contributed by atoms with Crippen molar-refractivity contribution in [3.05, 3.63) is 57.9 Å². The summed E-state index contributed by atoms with van der Waals surface area (Å²) in [4.78, 5) is 16.8. The van der Waals surface area contributed by atoms with E-state index in [2.05, 4.69) is 26.2 Å². The predicted octanol–water partition coefficient (Wildman–Crippen LogP) is 4.62. The lowest BCUT2D eigenvalue weighted by Gasteiger charge is -2.06. The van der Waals surface area contributed by atoms with Gasteiger partial charge in [-0.3, -0.25) is 4.79 Å². The Kier molecular flexibility index (Phi) is 4.68. The normalized spacial score (nSPS) is 13.8. The first-order valence-corrected chi connectivity index (χ1v) is 9.44. The summed E-state index contributed by atoms with van der Waals surface area (Å²) in [6.07, 6.45) is 4.23. The van der Waals surface area contributed by atoms with E-state index in [4.69, 9.17) is 9.15 Å². The molecule has 1 fully saturated rings. The van der Waals surface area contributed by atoms with E-state index in [1.807, 2.05) is 37.3 Å². The number of hydrogen-bond donors (Lipinski definition) is 1. The van der Waals surface area contributed by atoms with Gasteiger partial charge in [-0.2, -0.15) is 0 Å². The molecule has 1 aliphatic rings. The van der Waals surface area contributed by atoms with Crippen LogP contribution >= 0.6 is 15.9 Å². The van der Waals surface area contributed by atoms with Crippen LogP contribution in [0.1, 0.15) is 34.5 Å². The Morgan fingerprint density at radius 3 is 2.92 bits per heavy atom. The van der Waals surface area contributed by atoms with Gasteiger partial charge in [-0.1, -0.05) is 22.0 Å². The summed E-state index contributed by atoms with van der Waals surface area (Å²) in [5, 5.41) is 3.82. The van der Waals surface area contributed by atoms with E-state index < -0.39 is 0 Å². The number of pyridine rings is 1. The topological polar surface area (TPSA) is 64.4 Å². The molecule has 6 heteroatoms. The van der Waals surface area contributed by atoms with Gasteiger partial charge in [-0.05, 0) is 49.4 Å². The molecule has 1 amide bonds. The molecule has 2 aromatic heterocycles.